The number of aromatic nitrogens is 1. The van der Waals surface area contributed by atoms with Crippen molar-refractivity contribution in [3.8, 4) is 11.1 Å². The summed E-state index contributed by atoms with van der Waals surface area (Å²) in [6.07, 6.45) is 8.22. The topological polar surface area (TPSA) is 33.2 Å². The van der Waals surface area contributed by atoms with Crippen molar-refractivity contribution >= 4 is 38.9 Å². The highest BCUT2D eigenvalue weighted by Gasteiger charge is 2.32. The third-order valence-corrected chi connectivity index (χ3v) is 9.18. The average Bonchev–Trinajstić information content (AvgIpc) is 3.28. The molecule has 1 aliphatic rings. The molecule has 1 aliphatic carbocycles. The van der Waals surface area contributed by atoms with Crippen LogP contribution in [-0.2, 0) is 13.0 Å². The van der Waals surface area contributed by atoms with Crippen molar-refractivity contribution < 1.29 is 13.6 Å². The second kappa shape index (κ2) is 10.9. The number of halogens is 3. The summed E-state index contributed by atoms with van der Waals surface area (Å²) in [5, 5.41) is -0.0152. The average molecular weight is 539 g/mol. The number of hydrogen-bond acceptors (Lipinski definition) is 3. The predicted molar refractivity (Wildman–Crippen MR) is 147 cm³/mol. The van der Waals surface area contributed by atoms with Gasteiger partial charge in [-0.15, -0.1) is 11.3 Å². The molecule has 0 unspecified atom stereocenters. The molecule has 2 heterocycles. The highest BCUT2D eigenvalue weighted by atomic mass is 35.5. The Balaban J connectivity index is 1.57. The SMILES string of the molecule is CCc1ccc(-c2ccncc2)cc1CN(C(=O)c1sc2c(F)ccc(F)c2c1Cl)C1CCC(C)CC1. The molecule has 192 valence electrons. The summed E-state index contributed by atoms with van der Waals surface area (Å²) in [6, 6.07) is 12.5. The molecule has 2 aromatic heterocycles. The molecule has 4 aromatic rings. The number of hydrogen-bond donors (Lipinski definition) is 0. The van der Waals surface area contributed by atoms with Gasteiger partial charge in [-0.05, 0) is 90.6 Å². The zero-order valence-electron chi connectivity index (χ0n) is 20.9. The van der Waals surface area contributed by atoms with Gasteiger partial charge in [0, 0.05) is 25.0 Å². The number of nitrogens with zero attached hydrogens (tertiary/aromatic N) is 2. The molecular formula is C30H29ClF2N2OS. The van der Waals surface area contributed by atoms with Crippen LogP contribution in [0.2, 0.25) is 5.02 Å². The van der Waals surface area contributed by atoms with E-state index in [0.29, 0.717) is 12.5 Å². The first-order chi connectivity index (χ1) is 17.9. The fourth-order valence-corrected chi connectivity index (χ4v) is 6.82. The second-order valence-electron chi connectivity index (χ2n) is 9.90. The number of rotatable bonds is 6. The lowest BCUT2D eigenvalue weighted by molar-refractivity contribution is 0.0598. The molecule has 37 heavy (non-hydrogen) atoms. The minimum absolute atomic E-state index is 0.00238. The monoisotopic (exact) mass is 538 g/mol. The lowest BCUT2D eigenvalue weighted by Crippen LogP contribution is -2.41. The van der Waals surface area contributed by atoms with Crippen LogP contribution in [0, 0.1) is 17.6 Å². The van der Waals surface area contributed by atoms with Gasteiger partial charge in [0.15, 0.2) is 0 Å². The predicted octanol–water partition coefficient (Wildman–Crippen LogP) is 8.68. The third-order valence-electron chi connectivity index (χ3n) is 7.50. The van der Waals surface area contributed by atoms with Crippen LogP contribution < -0.4 is 0 Å². The Morgan fingerprint density at radius 2 is 1.70 bits per heavy atom. The van der Waals surface area contributed by atoms with E-state index in [0.717, 1.165) is 72.3 Å². The van der Waals surface area contributed by atoms with E-state index >= 15 is 0 Å². The molecule has 0 atom stereocenters. The summed E-state index contributed by atoms with van der Waals surface area (Å²) in [4.78, 5) is 20.3. The molecule has 1 fully saturated rings. The number of carbonyl (C=O) groups is 1. The number of amides is 1. The zero-order chi connectivity index (χ0) is 26.1. The fourth-order valence-electron chi connectivity index (χ4n) is 5.31. The molecular weight excluding hydrogens is 510 g/mol. The Bertz CT molecular complexity index is 1430. The minimum Gasteiger partial charge on any atom is -0.331 e. The van der Waals surface area contributed by atoms with Crippen LogP contribution in [0.1, 0.15) is 60.3 Å². The van der Waals surface area contributed by atoms with Gasteiger partial charge in [0.25, 0.3) is 5.91 Å². The largest absolute Gasteiger partial charge is 0.331 e. The Morgan fingerprint density at radius 3 is 2.38 bits per heavy atom. The molecule has 1 amide bonds. The second-order valence-corrected chi connectivity index (χ2v) is 11.3. The standard InChI is InChI=1S/C30H29ClF2N2OS/c1-3-19-6-7-21(20-12-14-34-15-13-20)16-22(19)17-35(23-8-4-18(2)5-9-23)30(36)29-27(31)26-24(32)10-11-25(33)28(26)37-29/h6-7,10-16,18,23H,3-5,8-9,17H2,1-2H3. The van der Waals surface area contributed by atoms with Gasteiger partial charge in [-0.1, -0.05) is 37.6 Å². The van der Waals surface area contributed by atoms with Crippen molar-refractivity contribution in [3.05, 3.63) is 87.5 Å². The Hall–Kier alpha value is -2.83. The molecule has 7 heteroatoms. The van der Waals surface area contributed by atoms with Crippen molar-refractivity contribution in [1.82, 2.24) is 9.88 Å². The molecule has 0 radical (unpaired) electrons. The van der Waals surface area contributed by atoms with Crippen LogP contribution in [0.5, 0.6) is 0 Å². The van der Waals surface area contributed by atoms with Gasteiger partial charge in [0.2, 0.25) is 0 Å². The summed E-state index contributed by atoms with van der Waals surface area (Å²) in [5.74, 6) is -0.835. The molecule has 0 spiro atoms. The number of benzene rings is 2. The van der Waals surface area contributed by atoms with Crippen LogP contribution in [0.4, 0.5) is 8.78 Å². The van der Waals surface area contributed by atoms with Gasteiger partial charge in [0.05, 0.1) is 15.1 Å². The molecule has 2 aromatic carbocycles. The van der Waals surface area contributed by atoms with Crippen LogP contribution >= 0.6 is 22.9 Å². The third kappa shape index (κ3) is 5.14. The van der Waals surface area contributed by atoms with Crippen molar-refractivity contribution in [2.45, 2.75) is 58.5 Å². The van der Waals surface area contributed by atoms with E-state index in [2.05, 4.69) is 37.0 Å². The number of thiophene rings is 1. The first-order valence-corrected chi connectivity index (χ1v) is 14.0. The smallest absolute Gasteiger partial charge is 0.266 e. The van der Waals surface area contributed by atoms with Crippen LogP contribution in [-0.4, -0.2) is 21.8 Å². The highest BCUT2D eigenvalue weighted by Crippen LogP contribution is 2.40. The number of carbonyl (C=O) groups excluding carboxylic acids is 1. The van der Waals surface area contributed by atoms with Gasteiger partial charge in [0.1, 0.15) is 16.5 Å². The van der Waals surface area contributed by atoms with E-state index in [1.807, 2.05) is 17.0 Å². The maximum atomic E-state index is 14.6. The van der Waals surface area contributed by atoms with E-state index < -0.39 is 11.6 Å². The fraction of sp³-hybridized carbons (Fsp3) is 0.333. The first kappa shape index (κ1) is 25.8. The number of fused-ring (bicyclic) bond motifs is 1. The maximum Gasteiger partial charge on any atom is 0.266 e. The lowest BCUT2D eigenvalue weighted by Gasteiger charge is -2.36. The quantitative estimate of drug-likeness (QED) is 0.246. The van der Waals surface area contributed by atoms with Crippen molar-refractivity contribution in [3.63, 3.8) is 0 Å². The van der Waals surface area contributed by atoms with Gasteiger partial charge < -0.3 is 4.90 Å². The van der Waals surface area contributed by atoms with Gasteiger partial charge >= 0.3 is 0 Å². The van der Waals surface area contributed by atoms with E-state index in [4.69, 9.17) is 11.6 Å². The van der Waals surface area contributed by atoms with Crippen LogP contribution in [0.15, 0.2) is 54.9 Å². The van der Waals surface area contributed by atoms with Gasteiger partial charge in [-0.2, -0.15) is 0 Å². The van der Waals surface area contributed by atoms with Crippen molar-refractivity contribution in [1.29, 1.82) is 0 Å². The summed E-state index contributed by atoms with van der Waals surface area (Å²) >= 11 is 7.49. The number of aryl methyl sites for hydroxylation is 1. The molecule has 3 nitrogen and oxygen atoms in total. The van der Waals surface area contributed by atoms with Crippen LogP contribution in [0.25, 0.3) is 21.2 Å². The lowest BCUT2D eigenvalue weighted by atomic mass is 9.86. The Morgan fingerprint density at radius 1 is 1.00 bits per heavy atom. The summed E-state index contributed by atoms with van der Waals surface area (Å²) in [6.45, 7) is 4.76. The molecule has 0 N–H and O–H groups in total. The van der Waals surface area contributed by atoms with Gasteiger partial charge in [-0.3, -0.25) is 9.78 Å². The maximum absolute atomic E-state index is 14.6. The van der Waals surface area contributed by atoms with E-state index in [-0.39, 0.29) is 31.9 Å². The Labute approximate surface area is 225 Å². The molecule has 5 rings (SSSR count). The highest BCUT2D eigenvalue weighted by molar-refractivity contribution is 7.21. The van der Waals surface area contributed by atoms with E-state index in [1.54, 1.807) is 12.4 Å². The van der Waals surface area contributed by atoms with E-state index in [1.165, 1.54) is 5.56 Å². The minimum atomic E-state index is -0.618. The van der Waals surface area contributed by atoms with Crippen LogP contribution in [0.3, 0.4) is 0 Å². The first-order valence-electron chi connectivity index (χ1n) is 12.8. The zero-order valence-corrected chi connectivity index (χ0v) is 22.5. The van der Waals surface area contributed by atoms with Gasteiger partial charge in [-0.25, -0.2) is 8.78 Å². The molecule has 0 saturated heterocycles. The molecule has 0 bridgehead atoms. The van der Waals surface area contributed by atoms with E-state index in [9.17, 15) is 13.6 Å². The summed E-state index contributed by atoms with van der Waals surface area (Å²) in [5.41, 5.74) is 4.35. The summed E-state index contributed by atoms with van der Waals surface area (Å²) < 4.78 is 29.2. The summed E-state index contributed by atoms with van der Waals surface area (Å²) in [7, 11) is 0. The van der Waals surface area contributed by atoms with Crippen molar-refractivity contribution in [2.75, 3.05) is 0 Å². The van der Waals surface area contributed by atoms with Crippen molar-refractivity contribution in [2.24, 2.45) is 5.92 Å². The Kier molecular flexibility index (Phi) is 7.59. The molecule has 1 saturated carbocycles. The number of pyridine rings is 1. The normalized spacial score (nSPS) is 17.8. The molecule has 0 aliphatic heterocycles.